The zero-order valence-corrected chi connectivity index (χ0v) is 11.9. The molecule has 0 bridgehead atoms. The Kier molecular flexibility index (Phi) is 4.39. The van der Waals surface area contributed by atoms with Gasteiger partial charge in [-0.3, -0.25) is 0 Å². The number of hydrogen-bond donors (Lipinski definition) is 0. The highest BCUT2D eigenvalue weighted by Crippen LogP contribution is 2.26. The van der Waals surface area contributed by atoms with E-state index in [0.29, 0.717) is 12.4 Å². The predicted octanol–water partition coefficient (Wildman–Crippen LogP) is 1.88. The lowest BCUT2D eigenvalue weighted by Crippen LogP contribution is -2.44. The molecule has 0 saturated carbocycles. The summed E-state index contributed by atoms with van der Waals surface area (Å²) in [6, 6.07) is 0.0537. The minimum atomic E-state index is 0.0537. The molecule has 0 unspecified atom stereocenters. The number of likely N-dealkylation sites (tertiary alicyclic amines) is 1. The number of carbonyl (C=O) groups excluding carboxylic acids is 1. The topological polar surface area (TPSA) is 62.5 Å². The van der Waals surface area contributed by atoms with Crippen molar-refractivity contribution >= 4 is 6.03 Å². The summed E-state index contributed by atoms with van der Waals surface area (Å²) >= 11 is 0. The van der Waals surface area contributed by atoms with Gasteiger partial charge >= 0.3 is 6.03 Å². The average Bonchev–Trinajstić information content (AvgIpc) is 2.87. The van der Waals surface area contributed by atoms with Gasteiger partial charge in [-0.15, -0.1) is 0 Å². The summed E-state index contributed by atoms with van der Waals surface area (Å²) in [6.45, 7) is 3.57. The Morgan fingerprint density at radius 3 is 3.00 bits per heavy atom. The molecular weight excluding hydrogens is 244 g/mol. The average molecular weight is 266 g/mol. The number of aryl methyl sites for hydroxylation is 1. The standard InChI is InChI=1S/C13H22N4O2/c1-4-6-11-14-12(19-15-11)10-7-5-8-17(9-10)13(18)16(2)3/h10H,4-9H2,1-3H3/t10-/m0/s1. The highest BCUT2D eigenvalue weighted by atomic mass is 16.5. The van der Waals surface area contributed by atoms with Crippen LogP contribution < -0.4 is 0 Å². The van der Waals surface area contributed by atoms with Crippen molar-refractivity contribution < 1.29 is 9.32 Å². The first-order valence-electron chi connectivity index (χ1n) is 6.90. The maximum Gasteiger partial charge on any atom is 0.319 e. The molecule has 2 heterocycles. The SMILES string of the molecule is CCCc1noc([C@H]2CCCN(C(=O)N(C)C)C2)n1. The zero-order valence-electron chi connectivity index (χ0n) is 11.9. The minimum absolute atomic E-state index is 0.0537. The van der Waals surface area contributed by atoms with Gasteiger partial charge < -0.3 is 14.3 Å². The van der Waals surface area contributed by atoms with Crippen molar-refractivity contribution in [2.24, 2.45) is 0 Å². The van der Waals surface area contributed by atoms with Crippen LogP contribution in [-0.2, 0) is 6.42 Å². The van der Waals surface area contributed by atoms with E-state index in [1.165, 1.54) is 0 Å². The number of piperidine rings is 1. The van der Waals surface area contributed by atoms with Crippen LogP contribution in [0.3, 0.4) is 0 Å². The van der Waals surface area contributed by atoms with Crippen LogP contribution in [0, 0.1) is 0 Å². The summed E-state index contributed by atoms with van der Waals surface area (Å²) in [5, 5.41) is 3.99. The fraction of sp³-hybridized carbons (Fsp3) is 0.769. The van der Waals surface area contributed by atoms with Crippen LogP contribution in [-0.4, -0.2) is 53.2 Å². The quantitative estimate of drug-likeness (QED) is 0.838. The Hall–Kier alpha value is -1.59. The molecule has 0 radical (unpaired) electrons. The second-order valence-corrected chi connectivity index (χ2v) is 5.26. The van der Waals surface area contributed by atoms with Crippen molar-refractivity contribution in [3.05, 3.63) is 11.7 Å². The van der Waals surface area contributed by atoms with Gasteiger partial charge in [0.25, 0.3) is 0 Å². The number of rotatable bonds is 3. The van der Waals surface area contributed by atoms with E-state index >= 15 is 0 Å². The van der Waals surface area contributed by atoms with E-state index in [-0.39, 0.29) is 11.9 Å². The van der Waals surface area contributed by atoms with Gasteiger partial charge in [-0.25, -0.2) is 4.79 Å². The van der Waals surface area contributed by atoms with Crippen molar-refractivity contribution in [3.63, 3.8) is 0 Å². The number of carbonyl (C=O) groups is 1. The molecule has 1 aliphatic rings. The van der Waals surface area contributed by atoms with Crippen LogP contribution in [0.15, 0.2) is 4.52 Å². The molecule has 19 heavy (non-hydrogen) atoms. The number of hydrogen-bond acceptors (Lipinski definition) is 4. The van der Waals surface area contributed by atoms with Gasteiger partial charge in [-0.1, -0.05) is 12.1 Å². The van der Waals surface area contributed by atoms with Crippen LogP contribution in [0.2, 0.25) is 0 Å². The first kappa shape index (κ1) is 13.8. The van der Waals surface area contributed by atoms with Crippen molar-refractivity contribution in [2.75, 3.05) is 27.2 Å². The summed E-state index contributed by atoms with van der Waals surface area (Å²) in [5.41, 5.74) is 0. The molecule has 0 spiro atoms. The normalized spacial score (nSPS) is 19.5. The molecule has 1 fully saturated rings. The van der Waals surface area contributed by atoms with E-state index < -0.39 is 0 Å². The lowest BCUT2D eigenvalue weighted by molar-refractivity contribution is 0.149. The fourth-order valence-electron chi connectivity index (χ4n) is 2.39. The predicted molar refractivity (Wildman–Crippen MR) is 70.9 cm³/mol. The second-order valence-electron chi connectivity index (χ2n) is 5.26. The van der Waals surface area contributed by atoms with Crippen LogP contribution >= 0.6 is 0 Å². The first-order valence-corrected chi connectivity index (χ1v) is 6.90. The van der Waals surface area contributed by atoms with Crippen molar-refractivity contribution in [1.29, 1.82) is 0 Å². The van der Waals surface area contributed by atoms with Gasteiger partial charge in [0, 0.05) is 33.6 Å². The smallest absolute Gasteiger partial charge is 0.319 e. The van der Waals surface area contributed by atoms with E-state index in [2.05, 4.69) is 17.1 Å². The van der Waals surface area contributed by atoms with Crippen molar-refractivity contribution in [1.82, 2.24) is 19.9 Å². The van der Waals surface area contributed by atoms with E-state index in [0.717, 1.165) is 38.1 Å². The summed E-state index contributed by atoms with van der Waals surface area (Å²) in [7, 11) is 3.55. The molecule has 2 rings (SSSR count). The Balaban J connectivity index is 2.01. The Labute approximate surface area is 113 Å². The molecule has 0 aliphatic carbocycles. The molecule has 1 aromatic rings. The number of urea groups is 1. The molecule has 1 aliphatic heterocycles. The van der Waals surface area contributed by atoms with Crippen LogP contribution in [0.5, 0.6) is 0 Å². The first-order chi connectivity index (χ1) is 9.11. The largest absolute Gasteiger partial charge is 0.339 e. The number of aromatic nitrogens is 2. The van der Waals surface area contributed by atoms with Gasteiger partial charge in [0.05, 0.1) is 5.92 Å². The number of amides is 2. The number of nitrogens with zero attached hydrogens (tertiary/aromatic N) is 4. The second kappa shape index (κ2) is 6.04. The lowest BCUT2D eigenvalue weighted by atomic mass is 9.98. The summed E-state index contributed by atoms with van der Waals surface area (Å²) in [4.78, 5) is 19.9. The van der Waals surface area contributed by atoms with Gasteiger partial charge in [-0.2, -0.15) is 4.98 Å². The minimum Gasteiger partial charge on any atom is -0.339 e. The molecule has 0 N–H and O–H groups in total. The summed E-state index contributed by atoms with van der Waals surface area (Å²) in [5.74, 6) is 1.63. The molecule has 6 heteroatoms. The van der Waals surface area contributed by atoms with Crippen molar-refractivity contribution in [3.8, 4) is 0 Å². The van der Waals surface area contributed by atoms with Crippen LogP contribution in [0.4, 0.5) is 4.79 Å². The summed E-state index contributed by atoms with van der Waals surface area (Å²) < 4.78 is 5.33. The molecule has 1 saturated heterocycles. The Bertz CT molecular complexity index is 430. The Morgan fingerprint density at radius 1 is 1.53 bits per heavy atom. The maximum atomic E-state index is 12.0. The van der Waals surface area contributed by atoms with Crippen LogP contribution in [0.1, 0.15) is 43.8 Å². The van der Waals surface area contributed by atoms with Gasteiger partial charge in [-0.05, 0) is 19.3 Å². The van der Waals surface area contributed by atoms with Gasteiger partial charge in [0.15, 0.2) is 5.82 Å². The highest BCUT2D eigenvalue weighted by molar-refractivity contribution is 5.74. The molecule has 0 aromatic carbocycles. The van der Waals surface area contributed by atoms with E-state index in [1.54, 1.807) is 19.0 Å². The van der Waals surface area contributed by atoms with E-state index in [9.17, 15) is 4.79 Å². The van der Waals surface area contributed by atoms with Gasteiger partial charge in [0.2, 0.25) is 5.89 Å². The molecule has 6 nitrogen and oxygen atoms in total. The highest BCUT2D eigenvalue weighted by Gasteiger charge is 2.29. The molecule has 106 valence electrons. The third kappa shape index (κ3) is 3.24. The zero-order chi connectivity index (χ0) is 13.8. The van der Waals surface area contributed by atoms with Crippen LogP contribution in [0.25, 0.3) is 0 Å². The van der Waals surface area contributed by atoms with E-state index in [4.69, 9.17) is 4.52 Å². The lowest BCUT2D eigenvalue weighted by Gasteiger charge is -2.32. The van der Waals surface area contributed by atoms with Gasteiger partial charge in [0.1, 0.15) is 0 Å². The van der Waals surface area contributed by atoms with E-state index in [1.807, 2.05) is 4.90 Å². The molecule has 1 aromatic heterocycles. The third-order valence-electron chi connectivity index (χ3n) is 3.38. The maximum absolute atomic E-state index is 12.0. The molecular formula is C13H22N4O2. The fourth-order valence-corrected chi connectivity index (χ4v) is 2.39. The third-order valence-corrected chi connectivity index (χ3v) is 3.38. The Morgan fingerprint density at radius 2 is 2.32 bits per heavy atom. The molecule has 1 atom stereocenters. The summed E-state index contributed by atoms with van der Waals surface area (Å²) in [6.07, 6.45) is 3.84. The van der Waals surface area contributed by atoms with Crippen molar-refractivity contribution in [2.45, 2.75) is 38.5 Å². The molecule has 2 amide bonds. The monoisotopic (exact) mass is 266 g/mol.